The Morgan fingerprint density at radius 1 is 1.25 bits per heavy atom. The van der Waals surface area contributed by atoms with Gasteiger partial charge >= 0.3 is 0 Å². The summed E-state index contributed by atoms with van der Waals surface area (Å²) in [4.78, 5) is 12.2. The van der Waals surface area contributed by atoms with Crippen LogP contribution in [0.25, 0.3) is 11.4 Å². The number of nitrogens with one attached hydrogen (secondary N) is 1. The van der Waals surface area contributed by atoms with E-state index >= 15 is 0 Å². The average Bonchev–Trinajstić information content (AvgIpc) is 3.37. The fraction of sp³-hybridized carbons (Fsp3) is 0.615. The first kappa shape index (κ1) is 26.8. The van der Waals surface area contributed by atoms with Crippen molar-refractivity contribution in [3.63, 3.8) is 0 Å². The first-order valence-electron chi connectivity index (χ1n) is 12.7. The van der Waals surface area contributed by atoms with E-state index in [1.807, 2.05) is 24.3 Å². The lowest BCUT2D eigenvalue weighted by Gasteiger charge is -2.33. The summed E-state index contributed by atoms with van der Waals surface area (Å²) in [5.41, 5.74) is 2.89. The van der Waals surface area contributed by atoms with Crippen LogP contribution < -0.4 is 15.0 Å². The number of benzene rings is 1. The number of nitrogens with zero attached hydrogens (tertiary/aromatic N) is 3. The van der Waals surface area contributed by atoms with Gasteiger partial charge in [0.25, 0.3) is 0 Å². The molecule has 1 aromatic carbocycles. The van der Waals surface area contributed by atoms with Crippen LogP contribution >= 0.6 is 0 Å². The van der Waals surface area contributed by atoms with E-state index in [9.17, 15) is 13.5 Å². The first-order chi connectivity index (χ1) is 17.2. The molecule has 0 saturated carbocycles. The maximum atomic E-state index is 12.1. The smallest absolute Gasteiger partial charge is 0.161 e. The van der Waals surface area contributed by atoms with Crippen LogP contribution in [0, 0.1) is 12.8 Å². The highest BCUT2D eigenvalue weighted by Crippen LogP contribution is 2.31. The van der Waals surface area contributed by atoms with E-state index in [-0.39, 0.29) is 11.9 Å². The summed E-state index contributed by atoms with van der Waals surface area (Å²) in [7, 11) is -1.26. The molecule has 2 atom stereocenters. The van der Waals surface area contributed by atoms with Crippen LogP contribution in [0.5, 0.6) is 5.75 Å². The van der Waals surface area contributed by atoms with Crippen LogP contribution in [0.4, 0.5) is 5.82 Å². The van der Waals surface area contributed by atoms with Crippen molar-refractivity contribution < 1.29 is 23.0 Å². The van der Waals surface area contributed by atoms with Crippen LogP contribution in [0.1, 0.15) is 30.5 Å². The van der Waals surface area contributed by atoms with E-state index in [0.29, 0.717) is 50.0 Å². The fourth-order valence-corrected chi connectivity index (χ4v) is 5.98. The predicted molar refractivity (Wildman–Crippen MR) is 140 cm³/mol. The van der Waals surface area contributed by atoms with Gasteiger partial charge in [-0.25, -0.2) is 18.4 Å². The molecule has 2 aliphatic heterocycles. The van der Waals surface area contributed by atoms with Crippen LogP contribution in [0.3, 0.4) is 0 Å². The lowest BCUT2D eigenvalue weighted by atomic mass is 9.99. The number of rotatable bonds is 10. The molecule has 0 aliphatic carbocycles. The van der Waals surface area contributed by atoms with Crippen LogP contribution in [0.2, 0.25) is 0 Å². The van der Waals surface area contributed by atoms with Crippen molar-refractivity contribution >= 4 is 15.7 Å². The van der Waals surface area contributed by atoms with Gasteiger partial charge in [-0.05, 0) is 57.7 Å². The van der Waals surface area contributed by atoms with Gasteiger partial charge in [0.1, 0.15) is 34.1 Å². The number of aliphatic hydroxyl groups is 1. The zero-order chi connectivity index (χ0) is 25.7. The summed E-state index contributed by atoms with van der Waals surface area (Å²) < 4.78 is 35.5. The van der Waals surface area contributed by atoms with Gasteiger partial charge in [0.15, 0.2) is 5.82 Å². The molecule has 36 heavy (non-hydrogen) atoms. The Balaban J connectivity index is 1.62. The van der Waals surface area contributed by atoms with E-state index in [0.717, 1.165) is 48.7 Å². The highest BCUT2D eigenvalue weighted by molar-refractivity contribution is 7.91. The van der Waals surface area contributed by atoms with E-state index in [1.165, 1.54) is 6.26 Å². The molecular formula is C26H38N4O5S. The van der Waals surface area contributed by atoms with Crippen LogP contribution in [-0.2, 0) is 21.0 Å². The molecule has 4 rings (SSSR count). The van der Waals surface area contributed by atoms with Crippen LogP contribution in [-0.4, -0.2) is 87.6 Å². The zero-order valence-corrected chi connectivity index (χ0v) is 22.3. The van der Waals surface area contributed by atoms with Crippen molar-refractivity contribution in [2.75, 3.05) is 57.7 Å². The summed E-state index contributed by atoms with van der Waals surface area (Å²) in [6.45, 7) is 5.52. The number of ether oxygens (including phenoxy) is 2. The quantitative estimate of drug-likeness (QED) is 0.487. The minimum Gasteiger partial charge on any atom is -0.491 e. The van der Waals surface area contributed by atoms with Gasteiger partial charge in [0.05, 0.1) is 5.25 Å². The minimum absolute atomic E-state index is 0.187. The van der Waals surface area contributed by atoms with Gasteiger partial charge in [0.2, 0.25) is 0 Å². The van der Waals surface area contributed by atoms with Gasteiger partial charge in [-0.15, -0.1) is 0 Å². The van der Waals surface area contributed by atoms with Crippen molar-refractivity contribution in [1.82, 2.24) is 15.3 Å². The maximum Gasteiger partial charge on any atom is 0.161 e. The third kappa shape index (κ3) is 6.73. The summed E-state index contributed by atoms with van der Waals surface area (Å²) in [6.07, 6.45) is 3.77. The molecule has 0 bridgehead atoms. The molecule has 1 aromatic heterocycles. The van der Waals surface area contributed by atoms with Crippen molar-refractivity contribution in [3.8, 4) is 17.1 Å². The Kier molecular flexibility index (Phi) is 8.82. The zero-order valence-electron chi connectivity index (χ0n) is 21.4. The third-order valence-electron chi connectivity index (χ3n) is 7.05. The van der Waals surface area contributed by atoms with Crippen molar-refractivity contribution in [3.05, 3.63) is 35.5 Å². The molecular weight excluding hydrogens is 480 g/mol. The molecule has 2 aromatic rings. The number of anilines is 1. The Labute approximate surface area is 214 Å². The van der Waals surface area contributed by atoms with Crippen LogP contribution in [0.15, 0.2) is 24.3 Å². The molecule has 2 N–H and O–H groups in total. The van der Waals surface area contributed by atoms with E-state index in [1.54, 1.807) is 7.05 Å². The fourth-order valence-electron chi connectivity index (χ4n) is 4.91. The molecule has 0 amide bonds. The Bertz CT molecular complexity index is 1130. The second-order valence-corrected chi connectivity index (χ2v) is 12.3. The lowest BCUT2D eigenvalue weighted by Crippen LogP contribution is -2.40. The number of hydrogen-bond donors (Lipinski definition) is 2. The van der Waals surface area contributed by atoms with Gasteiger partial charge in [-0.3, -0.25) is 0 Å². The predicted octanol–water partition coefficient (Wildman–Crippen LogP) is 2.00. The number of piperidine rings is 1. The highest BCUT2D eigenvalue weighted by Gasteiger charge is 2.29. The first-order valence-corrected chi connectivity index (χ1v) is 14.6. The number of likely N-dealkylation sites (N-methyl/N-ethyl adjacent to an activating group) is 1. The number of sulfone groups is 1. The standard InChI is InChI=1S/C26H38N4O5S/c1-18-24(13-19-9-12-34-16-19)28-25(20-5-4-6-22(14-20)35-17-21(31)15-27-2)29-26(18)30-10-7-23(8-11-30)36(3,32)33/h4-6,14,19,21,23,27,31H,7-13,15-17H2,1-3H3/t19-,21?/m1/s1. The largest absolute Gasteiger partial charge is 0.491 e. The normalized spacial score (nSPS) is 20.0. The minimum atomic E-state index is -3.05. The second kappa shape index (κ2) is 11.9. The number of aliphatic hydroxyl groups excluding tert-OH is 1. The van der Waals surface area contributed by atoms with Crippen molar-refractivity contribution in [2.24, 2.45) is 5.92 Å². The third-order valence-corrected chi connectivity index (χ3v) is 8.73. The second-order valence-electron chi connectivity index (χ2n) is 9.94. The molecule has 9 nitrogen and oxygen atoms in total. The molecule has 1 unspecified atom stereocenters. The summed E-state index contributed by atoms with van der Waals surface area (Å²) in [5.74, 6) is 2.57. The molecule has 198 valence electrons. The highest BCUT2D eigenvalue weighted by atomic mass is 32.2. The lowest BCUT2D eigenvalue weighted by molar-refractivity contribution is 0.108. The molecule has 2 saturated heterocycles. The molecule has 0 spiro atoms. The van der Waals surface area contributed by atoms with Gasteiger partial charge in [-0.1, -0.05) is 12.1 Å². The summed E-state index contributed by atoms with van der Waals surface area (Å²) in [6, 6.07) is 7.63. The van der Waals surface area contributed by atoms with Crippen molar-refractivity contribution in [1.29, 1.82) is 0 Å². The van der Waals surface area contributed by atoms with Gasteiger partial charge in [0, 0.05) is 55.9 Å². The van der Waals surface area contributed by atoms with E-state index in [4.69, 9.17) is 19.4 Å². The van der Waals surface area contributed by atoms with Gasteiger partial charge in [-0.2, -0.15) is 0 Å². The average molecular weight is 519 g/mol. The SMILES string of the molecule is CNCC(O)COc1cccc(-c2nc(C[C@H]3CCOC3)c(C)c(N3CCC(S(C)(=O)=O)CC3)n2)c1. The molecule has 3 heterocycles. The Morgan fingerprint density at radius 2 is 2.03 bits per heavy atom. The summed E-state index contributed by atoms with van der Waals surface area (Å²) in [5, 5.41) is 12.6. The Morgan fingerprint density at radius 3 is 2.69 bits per heavy atom. The Hall–Kier alpha value is -2.27. The summed E-state index contributed by atoms with van der Waals surface area (Å²) >= 11 is 0. The monoisotopic (exact) mass is 518 g/mol. The van der Waals surface area contributed by atoms with E-state index in [2.05, 4.69) is 17.1 Å². The van der Waals surface area contributed by atoms with E-state index < -0.39 is 15.9 Å². The number of aromatic nitrogens is 2. The molecule has 2 fully saturated rings. The molecule has 0 radical (unpaired) electrons. The van der Waals surface area contributed by atoms with Gasteiger partial charge < -0.3 is 24.8 Å². The molecule has 2 aliphatic rings. The maximum absolute atomic E-state index is 12.1. The molecule has 10 heteroatoms. The number of hydrogen-bond acceptors (Lipinski definition) is 9. The topological polar surface area (TPSA) is 114 Å². The van der Waals surface area contributed by atoms with Crippen molar-refractivity contribution in [2.45, 2.75) is 44.0 Å².